The van der Waals surface area contributed by atoms with Crippen molar-refractivity contribution >= 4 is 35.0 Å². The summed E-state index contributed by atoms with van der Waals surface area (Å²) in [5.41, 5.74) is 11.5. The van der Waals surface area contributed by atoms with E-state index in [1.807, 2.05) is 0 Å². The van der Waals surface area contributed by atoms with Crippen LogP contribution in [0.15, 0.2) is 36.4 Å². The monoisotopic (exact) mass is 369 g/mol. The number of fused-ring (bicyclic) bond motifs is 1. The molecule has 1 aliphatic rings. The summed E-state index contributed by atoms with van der Waals surface area (Å²) in [6.07, 6.45) is -0.278. The molecule has 9 nitrogen and oxygen atoms in total. The fourth-order valence-corrected chi connectivity index (χ4v) is 2.77. The SMILES string of the molecule is CCC1Oc2ccc(N)nc2N(CC(=O)Nc2ccccc2C(N)=O)C1=O. The van der Waals surface area contributed by atoms with Crippen molar-refractivity contribution in [2.24, 2.45) is 5.73 Å². The molecule has 9 heteroatoms. The molecule has 2 heterocycles. The maximum Gasteiger partial charge on any atom is 0.269 e. The lowest BCUT2D eigenvalue weighted by Gasteiger charge is -2.32. The van der Waals surface area contributed by atoms with Crippen molar-refractivity contribution in [1.29, 1.82) is 0 Å². The third kappa shape index (κ3) is 3.66. The Morgan fingerprint density at radius 3 is 2.70 bits per heavy atom. The molecule has 27 heavy (non-hydrogen) atoms. The van der Waals surface area contributed by atoms with Crippen LogP contribution in [0.1, 0.15) is 23.7 Å². The van der Waals surface area contributed by atoms with Crippen LogP contribution in [0.2, 0.25) is 0 Å². The third-order valence-electron chi connectivity index (χ3n) is 4.07. The number of nitrogens with one attached hydrogen (secondary N) is 1. The van der Waals surface area contributed by atoms with Gasteiger partial charge in [0.25, 0.3) is 11.8 Å². The number of nitrogen functional groups attached to an aromatic ring is 1. The molecule has 0 saturated carbocycles. The van der Waals surface area contributed by atoms with E-state index < -0.39 is 17.9 Å². The van der Waals surface area contributed by atoms with Crippen molar-refractivity contribution < 1.29 is 19.1 Å². The molecule has 1 atom stereocenters. The highest BCUT2D eigenvalue weighted by Gasteiger charge is 2.35. The van der Waals surface area contributed by atoms with Gasteiger partial charge >= 0.3 is 0 Å². The fraction of sp³-hybridized carbons (Fsp3) is 0.222. The zero-order chi connectivity index (χ0) is 19.6. The van der Waals surface area contributed by atoms with Crippen LogP contribution >= 0.6 is 0 Å². The summed E-state index contributed by atoms with van der Waals surface area (Å²) in [7, 11) is 0. The second-order valence-corrected chi connectivity index (χ2v) is 5.95. The van der Waals surface area contributed by atoms with Gasteiger partial charge in [0.2, 0.25) is 5.91 Å². The zero-order valence-corrected chi connectivity index (χ0v) is 14.6. The lowest BCUT2D eigenvalue weighted by molar-refractivity contribution is -0.128. The first-order chi connectivity index (χ1) is 12.9. The lowest BCUT2D eigenvalue weighted by Crippen LogP contribution is -2.49. The van der Waals surface area contributed by atoms with E-state index in [0.717, 1.165) is 0 Å². The second kappa shape index (κ2) is 7.32. The largest absolute Gasteiger partial charge is 0.477 e. The third-order valence-corrected chi connectivity index (χ3v) is 4.07. The Kier molecular flexibility index (Phi) is 4.93. The van der Waals surface area contributed by atoms with Crippen molar-refractivity contribution in [2.75, 3.05) is 22.5 Å². The fourth-order valence-electron chi connectivity index (χ4n) is 2.77. The minimum atomic E-state index is -0.714. The number of nitrogens with two attached hydrogens (primary N) is 2. The van der Waals surface area contributed by atoms with Crippen LogP contribution in [-0.4, -0.2) is 35.4 Å². The predicted molar refractivity (Wildman–Crippen MR) is 99.3 cm³/mol. The van der Waals surface area contributed by atoms with E-state index in [4.69, 9.17) is 16.2 Å². The molecule has 0 spiro atoms. The van der Waals surface area contributed by atoms with Crippen molar-refractivity contribution in [3.8, 4) is 5.75 Å². The molecule has 1 aliphatic heterocycles. The molecule has 0 aliphatic carbocycles. The van der Waals surface area contributed by atoms with Gasteiger partial charge in [-0.2, -0.15) is 0 Å². The van der Waals surface area contributed by atoms with Crippen LogP contribution in [0.25, 0.3) is 0 Å². The van der Waals surface area contributed by atoms with E-state index in [9.17, 15) is 14.4 Å². The quantitative estimate of drug-likeness (QED) is 0.715. The Balaban J connectivity index is 1.86. The first kappa shape index (κ1) is 18.2. The highest BCUT2D eigenvalue weighted by atomic mass is 16.5. The average molecular weight is 369 g/mol. The number of benzene rings is 1. The normalized spacial score (nSPS) is 15.7. The number of para-hydroxylation sites is 1. The summed E-state index contributed by atoms with van der Waals surface area (Å²) in [6, 6.07) is 9.52. The van der Waals surface area contributed by atoms with Crippen LogP contribution in [0.5, 0.6) is 5.75 Å². The van der Waals surface area contributed by atoms with Crippen LogP contribution in [0.3, 0.4) is 0 Å². The van der Waals surface area contributed by atoms with Gasteiger partial charge in [-0.3, -0.25) is 19.3 Å². The number of carbonyl (C=O) groups is 3. The molecule has 0 saturated heterocycles. The van der Waals surface area contributed by atoms with Gasteiger partial charge in [0.15, 0.2) is 17.7 Å². The molecular formula is C18H19N5O4. The minimum Gasteiger partial charge on any atom is -0.477 e. The number of amides is 3. The van der Waals surface area contributed by atoms with Gasteiger partial charge in [-0.15, -0.1) is 0 Å². The first-order valence-electron chi connectivity index (χ1n) is 8.34. The van der Waals surface area contributed by atoms with Gasteiger partial charge in [-0.05, 0) is 30.7 Å². The number of hydrogen-bond acceptors (Lipinski definition) is 6. The maximum absolute atomic E-state index is 12.7. The summed E-state index contributed by atoms with van der Waals surface area (Å²) in [5.74, 6) is -0.807. The number of rotatable bonds is 5. The Bertz CT molecular complexity index is 914. The number of primary amides is 1. The van der Waals surface area contributed by atoms with Crippen molar-refractivity contribution in [1.82, 2.24) is 4.98 Å². The number of nitrogens with zero attached hydrogens (tertiary/aromatic N) is 2. The Morgan fingerprint density at radius 1 is 1.26 bits per heavy atom. The van der Waals surface area contributed by atoms with E-state index >= 15 is 0 Å². The predicted octanol–water partition coefficient (Wildman–Crippen LogP) is 0.905. The van der Waals surface area contributed by atoms with Gasteiger partial charge in [0.1, 0.15) is 12.4 Å². The highest BCUT2D eigenvalue weighted by Crippen LogP contribution is 2.33. The molecule has 1 unspecified atom stereocenters. The Hall–Kier alpha value is -3.62. The van der Waals surface area contributed by atoms with E-state index in [0.29, 0.717) is 12.2 Å². The van der Waals surface area contributed by atoms with E-state index in [-0.39, 0.29) is 35.3 Å². The van der Waals surface area contributed by atoms with E-state index in [1.54, 1.807) is 37.3 Å². The number of aromatic nitrogens is 1. The highest BCUT2D eigenvalue weighted by molar-refractivity contribution is 6.08. The number of hydrogen-bond donors (Lipinski definition) is 3. The van der Waals surface area contributed by atoms with Crippen LogP contribution in [0.4, 0.5) is 17.3 Å². The summed E-state index contributed by atoms with van der Waals surface area (Å²) in [6.45, 7) is 1.49. The van der Waals surface area contributed by atoms with Crippen LogP contribution in [0, 0.1) is 0 Å². The molecule has 140 valence electrons. The molecule has 3 rings (SSSR count). The molecular weight excluding hydrogens is 350 g/mol. The smallest absolute Gasteiger partial charge is 0.269 e. The number of carbonyl (C=O) groups excluding carboxylic acids is 3. The molecule has 0 bridgehead atoms. The number of pyridine rings is 1. The Labute approximate surface area is 155 Å². The van der Waals surface area contributed by atoms with Crippen LogP contribution in [-0.2, 0) is 9.59 Å². The van der Waals surface area contributed by atoms with E-state index in [2.05, 4.69) is 10.3 Å². The van der Waals surface area contributed by atoms with Gasteiger partial charge in [0.05, 0.1) is 11.3 Å². The maximum atomic E-state index is 12.7. The zero-order valence-electron chi connectivity index (χ0n) is 14.6. The molecule has 0 fully saturated rings. The van der Waals surface area contributed by atoms with Crippen molar-refractivity contribution in [2.45, 2.75) is 19.4 Å². The number of ether oxygens (including phenoxy) is 1. The summed E-state index contributed by atoms with van der Waals surface area (Å²) >= 11 is 0. The molecule has 1 aromatic heterocycles. The molecule has 0 radical (unpaired) electrons. The minimum absolute atomic E-state index is 0.174. The van der Waals surface area contributed by atoms with Gasteiger partial charge in [-0.25, -0.2) is 4.98 Å². The molecule has 1 aromatic carbocycles. The molecule has 3 amide bonds. The van der Waals surface area contributed by atoms with Crippen molar-refractivity contribution in [3.05, 3.63) is 42.0 Å². The van der Waals surface area contributed by atoms with E-state index in [1.165, 1.54) is 11.0 Å². The standard InChI is InChI=1S/C18H19N5O4/c1-2-12-18(26)23(17-13(27-12)7-8-14(19)22-17)9-15(24)21-11-6-4-3-5-10(11)16(20)25/h3-8,12H,2,9H2,1H3,(H2,19,22)(H2,20,25)(H,21,24). The summed E-state index contributed by atoms with van der Waals surface area (Å²) in [4.78, 5) is 42.0. The van der Waals surface area contributed by atoms with Crippen molar-refractivity contribution in [3.63, 3.8) is 0 Å². The van der Waals surface area contributed by atoms with Gasteiger partial charge in [-0.1, -0.05) is 19.1 Å². The lowest BCUT2D eigenvalue weighted by atomic mass is 10.1. The van der Waals surface area contributed by atoms with Gasteiger partial charge in [0, 0.05) is 0 Å². The average Bonchev–Trinajstić information content (AvgIpc) is 2.64. The van der Waals surface area contributed by atoms with Gasteiger partial charge < -0.3 is 21.5 Å². The summed E-state index contributed by atoms with van der Waals surface area (Å²) in [5, 5.41) is 2.60. The first-order valence-corrected chi connectivity index (χ1v) is 8.34. The molecule has 2 aromatic rings. The summed E-state index contributed by atoms with van der Waals surface area (Å²) < 4.78 is 5.63. The molecule has 5 N–H and O–H groups in total. The Morgan fingerprint density at radius 2 is 2.00 bits per heavy atom. The van der Waals surface area contributed by atoms with Crippen LogP contribution < -0.4 is 26.4 Å². The number of anilines is 3. The second-order valence-electron chi connectivity index (χ2n) is 5.95. The topological polar surface area (TPSA) is 141 Å².